The van der Waals surface area contributed by atoms with Crippen LogP contribution in [0.2, 0.25) is 5.02 Å². The molecule has 80 valence electrons. The second kappa shape index (κ2) is 3.72. The van der Waals surface area contributed by atoms with Crippen LogP contribution in [0.5, 0.6) is 0 Å². The van der Waals surface area contributed by atoms with Gasteiger partial charge in [-0.2, -0.15) is 0 Å². The lowest BCUT2D eigenvalue weighted by Crippen LogP contribution is -2.31. The lowest BCUT2D eigenvalue weighted by atomic mass is 10.1. The number of halogens is 2. The molecule has 0 unspecified atom stereocenters. The molecule has 0 amide bonds. The molecule has 1 aromatic carbocycles. The Morgan fingerprint density at radius 3 is 2.88 bits per heavy atom. The van der Waals surface area contributed by atoms with Crippen LogP contribution in [0.1, 0.15) is 6.42 Å². The molecule has 3 rings (SSSR count). The first-order valence-corrected chi connectivity index (χ1v) is 5.79. The zero-order valence-corrected chi connectivity index (χ0v) is 9.89. The van der Waals surface area contributed by atoms with Crippen molar-refractivity contribution in [1.29, 1.82) is 0 Å². The second-order valence-corrected chi connectivity index (χ2v) is 4.55. The van der Waals surface area contributed by atoms with Crippen molar-refractivity contribution in [2.75, 3.05) is 6.54 Å². The Balaban J connectivity index is 2.61. The summed E-state index contributed by atoms with van der Waals surface area (Å²) in [5.41, 5.74) is 0.836. The molecule has 0 atom stereocenters. The molecule has 0 bridgehead atoms. The first-order valence-electron chi connectivity index (χ1n) is 5.04. The molecular formula is C12H8Cl2N2. The minimum Gasteiger partial charge on any atom is -0.282 e. The summed E-state index contributed by atoms with van der Waals surface area (Å²) in [7, 11) is 0. The van der Waals surface area contributed by atoms with Crippen molar-refractivity contribution in [1.82, 2.24) is 4.98 Å². The van der Waals surface area contributed by atoms with E-state index in [1.807, 2.05) is 12.1 Å². The predicted molar refractivity (Wildman–Crippen MR) is 66.3 cm³/mol. The topological polar surface area (TPSA) is 25.2 Å². The van der Waals surface area contributed by atoms with Gasteiger partial charge in [-0.25, -0.2) is 0 Å². The minimum atomic E-state index is 0.699. The third-order valence-corrected chi connectivity index (χ3v) is 3.45. The highest BCUT2D eigenvalue weighted by molar-refractivity contribution is 6.45. The standard InChI is InChI=1S/C12H8Cl2N2/c13-9-3-5-15-11-7(9)1-2-8-10(14)4-6-16-12(8)11/h1-3,5H,4,6H2. The molecule has 0 radical (unpaired) electrons. The molecule has 16 heavy (non-hydrogen) atoms. The Labute approximate surface area is 102 Å². The highest BCUT2D eigenvalue weighted by Crippen LogP contribution is 2.18. The second-order valence-electron chi connectivity index (χ2n) is 3.69. The number of fused-ring (bicyclic) bond motifs is 3. The van der Waals surface area contributed by atoms with E-state index in [0.717, 1.165) is 39.5 Å². The Hall–Kier alpha value is -1.12. The average Bonchev–Trinajstić information content (AvgIpc) is 2.30. The number of rotatable bonds is 0. The van der Waals surface area contributed by atoms with E-state index in [4.69, 9.17) is 23.2 Å². The zero-order chi connectivity index (χ0) is 11.1. The summed E-state index contributed by atoms with van der Waals surface area (Å²) >= 11 is 12.3. The lowest BCUT2D eigenvalue weighted by Gasteiger charge is -2.06. The third-order valence-electron chi connectivity index (χ3n) is 2.73. The first kappa shape index (κ1) is 10.1. The third kappa shape index (κ3) is 1.41. The van der Waals surface area contributed by atoms with Crippen molar-refractivity contribution in [3.63, 3.8) is 0 Å². The van der Waals surface area contributed by atoms with Gasteiger partial charge < -0.3 is 0 Å². The summed E-state index contributed by atoms with van der Waals surface area (Å²) in [6.45, 7) is 0.721. The molecule has 0 saturated carbocycles. The van der Waals surface area contributed by atoms with Crippen molar-refractivity contribution >= 4 is 39.1 Å². The monoisotopic (exact) mass is 250 g/mol. The van der Waals surface area contributed by atoms with Gasteiger partial charge >= 0.3 is 0 Å². The van der Waals surface area contributed by atoms with Crippen LogP contribution >= 0.6 is 23.2 Å². The SMILES string of the molecule is ClC1=c2ccc3c(Cl)ccnc3c2=NCC1. The normalized spacial score (nSPS) is 14.8. The van der Waals surface area contributed by atoms with Crippen molar-refractivity contribution in [2.45, 2.75) is 6.42 Å². The number of benzene rings is 1. The number of nitrogens with zero attached hydrogens (tertiary/aromatic N) is 2. The molecule has 1 aliphatic rings. The molecule has 0 N–H and O–H groups in total. The van der Waals surface area contributed by atoms with Crippen LogP contribution in [0, 0.1) is 0 Å². The predicted octanol–water partition coefficient (Wildman–Crippen LogP) is 2.26. The fourth-order valence-corrected chi connectivity index (χ4v) is 2.40. The molecule has 0 spiro atoms. The smallest absolute Gasteiger partial charge is 0.0975 e. The zero-order valence-electron chi connectivity index (χ0n) is 8.37. The first-order chi connectivity index (χ1) is 7.77. The summed E-state index contributed by atoms with van der Waals surface area (Å²) in [5.74, 6) is 0. The van der Waals surface area contributed by atoms with Gasteiger partial charge in [0.05, 0.1) is 15.9 Å². The van der Waals surface area contributed by atoms with E-state index in [0.29, 0.717) is 5.02 Å². The van der Waals surface area contributed by atoms with Gasteiger partial charge in [0, 0.05) is 34.8 Å². The van der Waals surface area contributed by atoms with Crippen molar-refractivity contribution < 1.29 is 0 Å². The van der Waals surface area contributed by atoms with Crippen molar-refractivity contribution in [2.24, 2.45) is 4.99 Å². The van der Waals surface area contributed by atoms with Crippen LogP contribution in [-0.2, 0) is 0 Å². The van der Waals surface area contributed by atoms with E-state index < -0.39 is 0 Å². The molecule has 0 aliphatic carbocycles. The van der Waals surface area contributed by atoms with Crippen molar-refractivity contribution in [3.8, 4) is 0 Å². The molecule has 1 aromatic heterocycles. The van der Waals surface area contributed by atoms with E-state index >= 15 is 0 Å². The molecule has 2 nitrogen and oxygen atoms in total. The van der Waals surface area contributed by atoms with Crippen LogP contribution in [0.3, 0.4) is 0 Å². The van der Waals surface area contributed by atoms with Crippen molar-refractivity contribution in [3.05, 3.63) is 40.0 Å². The Morgan fingerprint density at radius 2 is 2.00 bits per heavy atom. The molecule has 4 heteroatoms. The average molecular weight is 251 g/mol. The van der Waals surface area contributed by atoms with Crippen LogP contribution in [0.25, 0.3) is 15.9 Å². The molecular weight excluding hydrogens is 243 g/mol. The summed E-state index contributed by atoms with van der Waals surface area (Å²) in [4.78, 5) is 8.83. The highest BCUT2D eigenvalue weighted by atomic mass is 35.5. The lowest BCUT2D eigenvalue weighted by molar-refractivity contribution is 0.957. The Bertz CT molecular complexity index is 692. The molecule has 2 heterocycles. The van der Waals surface area contributed by atoms with Gasteiger partial charge in [-0.15, -0.1) is 0 Å². The quantitative estimate of drug-likeness (QED) is 0.705. The summed E-state index contributed by atoms with van der Waals surface area (Å²) in [6, 6.07) is 5.70. The van der Waals surface area contributed by atoms with Gasteiger partial charge in [-0.05, 0) is 6.07 Å². The van der Waals surface area contributed by atoms with Crippen LogP contribution < -0.4 is 10.6 Å². The van der Waals surface area contributed by atoms with E-state index in [-0.39, 0.29) is 0 Å². The van der Waals surface area contributed by atoms with Crippen LogP contribution in [0.15, 0.2) is 29.4 Å². The van der Waals surface area contributed by atoms with Crippen LogP contribution in [-0.4, -0.2) is 11.5 Å². The van der Waals surface area contributed by atoms with E-state index in [2.05, 4.69) is 9.98 Å². The number of hydrogen-bond acceptors (Lipinski definition) is 2. The van der Waals surface area contributed by atoms with Gasteiger partial charge in [-0.3, -0.25) is 9.98 Å². The molecule has 0 saturated heterocycles. The van der Waals surface area contributed by atoms with Gasteiger partial charge in [0.1, 0.15) is 0 Å². The maximum atomic E-state index is 6.18. The van der Waals surface area contributed by atoms with Gasteiger partial charge in [0.15, 0.2) is 0 Å². The van der Waals surface area contributed by atoms with E-state index in [1.165, 1.54) is 0 Å². The molecule has 0 fully saturated rings. The fourth-order valence-electron chi connectivity index (χ4n) is 1.95. The number of hydrogen-bond donors (Lipinski definition) is 0. The van der Waals surface area contributed by atoms with Crippen LogP contribution in [0.4, 0.5) is 0 Å². The largest absolute Gasteiger partial charge is 0.282 e. The van der Waals surface area contributed by atoms with E-state index in [1.54, 1.807) is 12.3 Å². The van der Waals surface area contributed by atoms with Gasteiger partial charge in [0.25, 0.3) is 0 Å². The Kier molecular flexibility index (Phi) is 2.34. The summed E-state index contributed by atoms with van der Waals surface area (Å²) in [5, 5.41) is 4.34. The van der Waals surface area contributed by atoms with E-state index in [9.17, 15) is 0 Å². The van der Waals surface area contributed by atoms with Gasteiger partial charge in [0.2, 0.25) is 0 Å². The maximum absolute atomic E-state index is 6.18. The number of pyridine rings is 1. The maximum Gasteiger partial charge on any atom is 0.0975 e. The minimum absolute atomic E-state index is 0.699. The molecule has 1 aliphatic heterocycles. The summed E-state index contributed by atoms with van der Waals surface area (Å²) in [6.07, 6.45) is 2.50. The fraction of sp³-hybridized carbons (Fsp3) is 0.167. The Morgan fingerprint density at radius 1 is 1.12 bits per heavy atom. The highest BCUT2D eigenvalue weighted by Gasteiger charge is 2.08. The number of aromatic nitrogens is 1. The molecule has 2 aromatic rings. The van der Waals surface area contributed by atoms with Gasteiger partial charge in [-0.1, -0.05) is 35.3 Å². The summed E-state index contributed by atoms with van der Waals surface area (Å²) < 4.78 is 0.